The highest BCUT2D eigenvalue weighted by Crippen LogP contribution is 2.55. The molecule has 160 valence electrons. The molecule has 0 radical (unpaired) electrons. The van der Waals surface area contributed by atoms with Crippen LogP contribution in [0.15, 0.2) is 57.8 Å². The van der Waals surface area contributed by atoms with Gasteiger partial charge in [0.15, 0.2) is 5.60 Å². The van der Waals surface area contributed by atoms with Gasteiger partial charge in [0.05, 0.1) is 34.8 Å². The maximum Gasteiger partial charge on any atom is 0.338 e. The van der Waals surface area contributed by atoms with Gasteiger partial charge in [-0.2, -0.15) is 0 Å². The SMILES string of the molecule is CC(O)C(C)C=CC1=CC2=C(Cl)C(=O)C3(C)OC4=C(C(=O)OC(C)C4C)C3C2=CO1. The molecule has 0 aromatic rings. The molecule has 3 heterocycles. The smallest absolute Gasteiger partial charge is 0.338 e. The first-order chi connectivity index (χ1) is 14.1. The van der Waals surface area contributed by atoms with E-state index < -0.39 is 23.6 Å². The van der Waals surface area contributed by atoms with E-state index >= 15 is 0 Å². The normalized spacial score (nSPS) is 35.0. The average molecular weight is 433 g/mol. The number of rotatable bonds is 3. The van der Waals surface area contributed by atoms with Gasteiger partial charge in [-0.15, -0.1) is 0 Å². The molecule has 6 unspecified atom stereocenters. The number of allylic oxidation sites excluding steroid dienone is 3. The number of halogens is 1. The lowest BCUT2D eigenvalue weighted by atomic mass is 9.69. The predicted molar refractivity (Wildman–Crippen MR) is 110 cm³/mol. The van der Waals surface area contributed by atoms with Crippen molar-refractivity contribution < 1.29 is 28.9 Å². The molecule has 0 bridgehead atoms. The van der Waals surface area contributed by atoms with Crippen LogP contribution in [-0.4, -0.2) is 34.7 Å². The molecule has 6 atom stereocenters. The lowest BCUT2D eigenvalue weighted by molar-refractivity contribution is -0.148. The van der Waals surface area contributed by atoms with E-state index in [2.05, 4.69) is 0 Å². The number of hydrogen-bond donors (Lipinski definition) is 1. The highest BCUT2D eigenvalue weighted by molar-refractivity contribution is 6.45. The molecule has 1 aliphatic carbocycles. The van der Waals surface area contributed by atoms with Gasteiger partial charge in [-0.05, 0) is 32.9 Å². The fourth-order valence-electron chi connectivity index (χ4n) is 4.20. The van der Waals surface area contributed by atoms with E-state index in [1.807, 2.05) is 19.9 Å². The summed E-state index contributed by atoms with van der Waals surface area (Å²) in [6.07, 6.45) is 5.91. The Bertz CT molecular complexity index is 982. The monoisotopic (exact) mass is 432 g/mol. The molecule has 0 saturated carbocycles. The van der Waals surface area contributed by atoms with Crippen LogP contribution in [-0.2, 0) is 23.8 Å². The number of Topliss-reactive ketones (excluding diaryl/α,β-unsaturated/α-hetero) is 1. The standard InChI is InChI=1S/C23H25ClO6/c1-10(12(3)25)6-7-14-8-15-16(9-28-14)18-17-20(11(2)13(4)29-22(17)27)30-23(18,5)21(26)19(15)24/h6-13,18,25H,1-5H3. The zero-order valence-corrected chi connectivity index (χ0v) is 18.3. The second-order valence-corrected chi connectivity index (χ2v) is 8.95. The summed E-state index contributed by atoms with van der Waals surface area (Å²) < 4.78 is 17.4. The number of aliphatic hydroxyl groups excluding tert-OH is 1. The number of esters is 1. The molecule has 6 nitrogen and oxygen atoms in total. The van der Waals surface area contributed by atoms with Crippen LogP contribution in [0, 0.1) is 17.8 Å². The summed E-state index contributed by atoms with van der Waals surface area (Å²) in [6.45, 7) is 8.96. The Hall–Kier alpha value is -2.31. The Balaban J connectivity index is 1.77. The van der Waals surface area contributed by atoms with Crippen molar-refractivity contribution in [1.82, 2.24) is 0 Å². The molecular weight excluding hydrogens is 408 g/mol. The minimum absolute atomic E-state index is 0.0479. The Morgan fingerprint density at radius 2 is 1.97 bits per heavy atom. The van der Waals surface area contributed by atoms with Crippen molar-refractivity contribution in [3.05, 3.63) is 57.8 Å². The van der Waals surface area contributed by atoms with E-state index in [0.29, 0.717) is 28.2 Å². The summed E-state index contributed by atoms with van der Waals surface area (Å²) in [7, 11) is 0. The number of aliphatic hydroxyl groups is 1. The van der Waals surface area contributed by atoms with Crippen molar-refractivity contribution in [3.63, 3.8) is 0 Å². The Kier molecular flexibility index (Phi) is 4.98. The zero-order valence-electron chi connectivity index (χ0n) is 17.6. The van der Waals surface area contributed by atoms with Crippen LogP contribution in [0.2, 0.25) is 0 Å². The number of fused-ring (bicyclic) bond motifs is 4. The molecule has 0 spiro atoms. The minimum atomic E-state index is -1.32. The topological polar surface area (TPSA) is 82.1 Å². The van der Waals surface area contributed by atoms with Gasteiger partial charge in [0.25, 0.3) is 0 Å². The van der Waals surface area contributed by atoms with Gasteiger partial charge >= 0.3 is 5.97 Å². The van der Waals surface area contributed by atoms with Crippen LogP contribution >= 0.6 is 11.6 Å². The van der Waals surface area contributed by atoms with Crippen LogP contribution < -0.4 is 0 Å². The van der Waals surface area contributed by atoms with Crippen molar-refractivity contribution >= 4 is 23.4 Å². The number of cyclic esters (lactones) is 1. The minimum Gasteiger partial charge on any atom is -0.482 e. The van der Waals surface area contributed by atoms with E-state index in [1.54, 1.807) is 32.9 Å². The van der Waals surface area contributed by atoms with Gasteiger partial charge < -0.3 is 19.3 Å². The van der Waals surface area contributed by atoms with Crippen molar-refractivity contribution in [3.8, 4) is 0 Å². The third-order valence-corrected chi connectivity index (χ3v) is 6.87. The van der Waals surface area contributed by atoms with Crippen LogP contribution in [0.1, 0.15) is 34.6 Å². The van der Waals surface area contributed by atoms with Crippen molar-refractivity contribution in [2.75, 3.05) is 0 Å². The number of carbonyl (C=O) groups excluding carboxylic acids is 2. The average Bonchev–Trinajstić information content (AvgIpc) is 3.03. The van der Waals surface area contributed by atoms with Crippen LogP contribution in [0.5, 0.6) is 0 Å². The number of hydrogen-bond acceptors (Lipinski definition) is 6. The van der Waals surface area contributed by atoms with Crippen LogP contribution in [0.4, 0.5) is 0 Å². The molecule has 7 heteroatoms. The third kappa shape index (κ3) is 2.96. The maximum atomic E-state index is 13.2. The second-order valence-electron chi connectivity index (χ2n) is 8.57. The number of ether oxygens (including phenoxy) is 3. The summed E-state index contributed by atoms with van der Waals surface area (Å²) in [6, 6.07) is 0. The molecule has 3 aliphatic heterocycles. The van der Waals surface area contributed by atoms with Crippen molar-refractivity contribution in [1.29, 1.82) is 0 Å². The van der Waals surface area contributed by atoms with Crippen LogP contribution in [0.3, 0.4) is 0 Å². The summed E-state index contributed by atoms with van der Waals surface area (Å²) >= 11 is 6.48. The number of ketones is 1. The van der Waals surface area contributed by atoms with Gasteiger partial charge in [-0.3, -0.25) is 4.79 Å². The van der Waals surface area contributed by atoms with Crippen molar-refractivity contribution in [2.45, 2.75) is 52.4 Å². The van der Waals surface area contributed by atoms with E-state index in [-0.39, 0.29) is 28.8 Å². The molecule has 0 fully saturated rings. The molecule has 0 saturated heterocycles. The lowest BCUT2D eigenvalue weighted by Crippen LogP contribution is -2.47. The molecule has 30 heavy (non-hydrogen) atoms. The van der Waals surface area contributed by atoms with E-state index in [0.717, 1.165) is 0 Å². The van der Waals surface area contributed by atoms with Gasteiger partial charge in [0, 0.05) is 17.1 Å². The van der Waals surface area contributed by atoms with Crippen LogP contribution in [0.25, 0.3) is 0 Å². The number of carbonyl (C=O) groups is 2. The quantitative estimate of drug-likeness (QED) is 0.685. The fourth-order valence-corrected chi connectivity index (χ4v) is 4.55. The van der Waals surface area contributed by atoms with E-state index in [9.17, 15) is 14.7 Å². The largest absolute Gasteiger partial charge is 0.482 e. The Morgan fingerprint density at radius 3 is 2.63 bits per heavy atom. The molecule has 0 aromatic carbocycles. The van der Waals surface area contributed by atoms with Crippen molar-refractivity contribution in [2.24, 2.45) is 17.8 Å². The Labute approximate surface area is 180 Å². The predicted octanol–water partition coefficient (Wildman–Crippen LogP) is 3.67. The van der Waals surface area contributed by atoms with Gasteiger partial charge in [0.2, 0.25) is 5.78 Å². The molecular formula is C23H25ClO6. The molecule has 4 aliphatic rings. The zero-order chi connectivity index (χ0) is 22.0. The van der Waals surface area contributed by atoms with E-state index in [1.165, 1.54) is 6.26 Å². The first-order valence-electron chi connectivity index (χ1n) is 10.1. The van der Waals surface area contributed by atoms with E-state index in [4.69, 9.17) is 25.8 Å². The van der Waals surface area contributed by atoms with Gasteiger partial charge in [0.1, 0.15) is 17.6 Å². The third-order valence-electron chi connectivity index (χ3n) is 6.50. The molecule has 0 aromatic heterocycles. The Morgan fingerprint density at radius 1 is 1.27 bits per heavy atom. The summed E-state index contributed by atoms with van der Waals surface area (Å²) in [5.41, 5.74) is 0.172. The van der Waals surface area contributed by atoms with Gasteiger partial charge in [-0.1, -0.05) is 31.5 Å². The second kappa shape index (κ2) is 7.13. The maximum absolute atomic E-state index is 13.2. The summed E-state index contributed by atoms with van der Waals surface area (Å²) in [4.78, 5) is 26.0. The lowest BCUT2D eigenvalue weighted by Gasteiger charge is -2.37. The fraction of sp³-hybridized carbons (Fsp3) is 0.478. The molecule has 1 N–H and O–H groups in total. The molecule has 0 amide bonds. The summed E-state index contributed by atoms with van der Waals surface area (Å²) in [5, 5.41) is 9.71. The highest BCUT2D eigenvalue weighted by Gasteiger charge is 2.61. The van der Waals surface area contributed by atoms with Gasteiger partial charge in [-0.25, -0.2) is 4.79 Å². The first-order valence-corrected chi connectivity index (χ1v) is 10.5. The first kappa shape index (κ1) is 20.9. The summed E-state index contributed by atoms with van der Waals surface area (Å²) in [5.74, 6) is -0.770. The highest BCUT2D eigenvalue weighted by atomic mass is 35.5. The molecule has 4 rings (SSSR count).